The van der Waals surface area contributed by atoms with Gasteiger partial charge in [0.05, 0.1) is 10.0 Å². The van der Waals surface area contributed by atoms with E-state index in [9.17, 15) is 0 Å². The molecule has 0 aliphatic heterocycles. The zero-order valence-corrected chi connectivity index (χ0v) is 11.9. The van der Waals surface area contributed by atoms with Gasteiger partial charge in [0.15, 0.2) is 0 Å². The molecule has 1 heterocycles. The van der Waals surface area contributed by atoms with Crippen LogP contribution in [0.4, 0.5) is 0 Å². The second kappa shape index (κ2) is 8.37. The fourth-order valence-corrected chi connectivity index (χ4v) is 2.31. The standard InChI is InChI=1S/C12H12ClNS.C2H6/c13-11-6-7-12(14-8-11)15-9-10-4-2-1-3-5-10;1-2/h2,4-8H,1,3,9H2;1-2H3. The Bertz CT molecular complexity index is 382. The molecule has 3 heteroatoms. The molecule has 0 fully saturated rings. The van der Waals surface area contributed by atoms with Crippen LogP contribution in [0.25, 0.3) is 0 Å². The normalized spacial score (nSPS) is 13.7. The number of hydrogen-bond acceptors (Lipinski definition) is 2. The van der Waals surface area contributed by atoms with E-state index in [0.29, 0.717) is 5.02 Å². The summed E-state index contributed by atoms with van der Waals surface area (Å²) in [4.78, 5) is 4.24. The maximum absolute atomic E-state index is 5.77. The van der Waals surface area contributed by atoms with Gasteiger partial charge in [-0.15, -0.1) is 11.8 Å². The highest BCUT2D eigenvalue weighted by Gasteiger charge is 2.00. The number of hydrogen-bond donors (Lipinski definition) is 0. The third-order valence-electron chi connectivity index (χ3n) is 2.16. The monoisotopic (exact) mass is 267 g/mol. The third-order valence-corrected chi connectivity index (χ3v) is 3.40. The summed E-state index contributed by atoms with van der Waals surface area (Å²) < 4.78 is 0. The number of thioether (sulfide) groups is 1. The van der Waals surface area contributed by atoms with Crippen molar-refractivity contribution in [1.82, 2.24) is 4.98 Å². The van der Waals surface area contributed by atoms with Gasteiger partial charge in [-0.1, -0.05) is 43.7 Å². The summed E-state index contributed by atoms with van der Waals surface area (Å²) in [5.74, 6) is 0.991. The Labute approximate surface area is 113 Å². The van der Waals surface area contributed by atoms with E-state index in [2.05, 4.69) is 23.2 Å². The molecule has 1 aliphatic carbocycles. The molecule has 1 aliphatic rings. The number of halogens is 1. The van der Waals surface area contributed by atoms with E-state index in [-0.39, 0.29) is 0 Å². The van der Waals surface area contributed by atoms with Gasteiger partial charge >= 0.3 is 0 Å². The van der Waals surface area contributed by atoms with Gasteiger partial charge in [0.25, 0.3) is 0 Å². The Morgan fingerprint density at radius 2 is 2.12 bits per heavy atom. The second-order valence-corrected chi connectivity index (χ2v) is 4.79. The predicted octanol–water partition coefficient (Wildman–Crippen LogP) is 5.13. The molecule has 0 saturated heterocycles. The molecule has 0 atom stereocenters. The first-order valence-corrected chi connectivity index (χ1v) is 7.31. The van der Waals surface area contributed by atoms with Crippen LogP contribution in [0, 0.1) is 0 Å². The van der Waals surface area contributed by atoms with Gasteiger partial charge < -0.3 is 0 Å². The smallest absolute Gasteiger partial charge is 0.0964 e. The summed E-state index contributed by atoms with van der Waals surface area (Å²) >= 11 is 7.51. The SMILES string of the molecule is CC.Clc1ccc(SCC2=CCCC=C2)nc1. The summed E-state index contributed by atoms with van der Waals surface area (Å²) in [7, 11) is 0. The minimum absolute atomic E-state index is 0.691. The molecule has 0 aromatic carbocycles. The van der Waals surface area contributed by atoms with E-state index in [1.807, 2.05) is 26.0 Å². The molecule has 0 unspecified atom stereocenters. The molecule has 0 bridgehead atoms. The number of aromatic nitrogens is 1. The predicted molar refractivity (Wildman–Crippen MR) is 77.8 cm³/mol. The first-order valence-electron chi connectivity index (χ1n) is 5.94. The lowest BCUT2D eigenvalue weighted by Gasteiger charge is -2.05. The molecule has 0 spiro atoms. The molecule has 17 heavy (non-hydrogen) atoms. The fraction of sp³-hybridized carbons (Fsp3) is 0.357. The van der Waals surface area contributed by atoms with Crippen LogP contribution < -0.4 is 0 Å². The Morgan fingerprint density at radius 3 is 2.71 bits per heavy atom. The summed E-state index contributed by atoms with van der Waals surface area (Å²) in [6.07, 6.45) is 10.8. The molecule has 0 radical (unpaired) electrons. The van der Waals surface area contributed by atoms with E-state index >= 15 is 0 Å². The van der Waals surface area contributed by atoms with Crippen molar-refractivity contribution < 1.29 is 0 Å². The molecule has 0 N–H and O–H groups in total. The molecule has 2 rings (SSSR count). The van der Waals surface area contributed by atoms with Crippen molar-refractivity contribution in [2.45, 2.75) is 31.7 Å². The van der Waals surface area contributed by atoms with Gasteiger partial charge in [-0.25, -0.2) is 4.98 Å². The molecule has 92 valence electrons. The zero-order chi connectivity index (χ0) is 12.5. The summed E-state index contributed by atoms with van der Waals surface area (Å²) in [6, 6.07) is 3.84. The average Bonchev–Trinajstić information content (AvgIpc) is 2.42. The van der Waals surface area contributed by atoms with Gasteiger partial charge in [-0.2, -0.15) is 0 Å². The Balaban J connectivity index is 0.000000686. The van der Waals surface area contributed by atoms with E-state index in [1.165, 1.54) is 18.4 Å². The van der Waals surface area contributed by atoms with Crippen LogP contribution in [0.15, 0.2) is 47.2 Å². The van der Waals surface area contributed by atoms with Crippen molar-refractivity contribution in [1.29, 1.82) is 0 Å². The van der Waals surface area contributed by atoms with E-state index in [0.717, 1.165) is 10.8 Å². The first kappa shape index (κ1) is 14.3. The molecule has 1 aromatic rings. The molecular formula is C14H18ClNS. The Hall–Kier alpha value is -0.730. The lowest BCUT2D eigenvalue weighted by Crippen LogP contribution is -1.89. The van der Waals surface area contributed by atoms with Crippen LogP contribution in [0.3, 0.4) is 0 Å². The van der Waals surface area contributed by atoms with Crippen molar-refractivity contribution in [3.8, 4) is 0 Å². The second-order valence-electron chi connectivity index (χ2n) is 3.36. The Morgan fingerprint density at radius 1 is 1.29 bits per heavy atom. The van der Waals surface area contributed by atoms with Gasteiger partial charge in [0.1, 0.15) is 0 Å². The lowest BCUT2D eigenvalue weighted by molar-refractivity contribution is 1.02. The van der Waals surface area contributed by atoms with Crippen LogP contribution in [-0.2, 0) is 0 Å². The van der Waals surface area contributed by atoms with Crippen LogP contribution in [0.5, 0.6) is 0 Å². The number of allylic oxidation sites excluding steroid dienone is 3. The average molecular weight is 268 g/mol. The molecule has 1 aromatic heterocycles. The summed E-state index contributed by atoms with van der Waals surface area (Å²) in [5, 5.41) is 1.72. The van der Waals surface area contributed by atoms with Crippen molar-refractivity contribution in [2.24, 2.45) is 0 Å². The molecule has 0 amide bonds. The van der Waals surface area contributed by atoms with Crippen molar-refractivity contribution in [3.63, 3.8) is 0 Å². The van der Waals surface area contributed by atoms with E-state index in [4.69, 9.17) is 11.6 Å². The number of pyridine rings is 1. The highest BCUT2D eigenvalue weighted by molar-refractivity contribution is 7.99. The van der Waals surface area contributed by atoms with Crippen LogP contribution in [0.1, 0.15) is 26.7 Å². The maximum Gasteiger partial charge on any atom is 0.0964 e. The molecular weight excluding hydrogens is 250 g/mol. The van der Waals surface area contributed by atoms with Gasteiger partial charge in [-0.05, 0) is 30.5 Å². The highest BCUT2D eigenvalue weighted by atomic mass is 35.5. The van der Waals surface area contributed by atoms with Gasteiger partial charge in [0, 0.05) is 11.9 Å². The summed E-state index contributed by atoms with van der Waals surface area (Å²) in [5.41, 5.74) is 1.39. The van der Waals surface area contributed by atoms with Gasteiger partial charge in [-0.3, -0.25) is 0 Å². The molecule has 0 saturated carbocycles. The summed E-state index contributed by atoms with van der Waals surface area (Å²) in [6.45, 7) is 4.00. The van der Waals surface area contributed by atoms with Crippen LogP contribution in [0.2, 0.25) is 5.02 Å². The van der Waals surface area contributed by atoms with Gasteiger partial charge in [0.2, 0.25) is 0 Å². The van der Waals surface area contributed by atoms with Crippen molar-refractivity contribution in [2.75, 3.05) is 5.75 Å². The largest absolute Gasteiger partial charge is 0.248 e. The zero-order valence-electron chi connectivity index (χ0n) is 10.3. The number of nitrogens with zero attached hydrogens (tertiary/aromatic N) is 1. The minimum atomic E-state index is 0.691. The first-order chi connectivity index (χ1) is 8.34. The van der Waals surface area contributed by atoms with Crippen molar-refractivity contribution in [3.05, 3.63) is 47.2 Å². The minimum Gasteiger partial charge on any atom is -0.248 e. The quantitative estimate of drug-likeness (QED) is 0.704. The number of rotatable bonds is 3. The van der Waals surface area contributed by atoms with Crippen LogP contribution in [-0.4, -0.2) is 10.7 Å². The van der Waals surface area contributed by atoms with Crippen molar-refractivity contribution >= 4 is 23.4 Å². The molecule has 1 nitrogen and oxygen atoms in total. The fourth-order valence-electron chi connectivity index (χ4n) is 1.38. The highest BCUT2D eigenvalue weighted by Crippen LogP contribution is 2.22. The maximum atomic E-state index is 5.77. The lowest BCUT2D eigenvalue weighted by atomic mass is 10.1. The Kier molecular flexibility index (Phi) is 7.06. The topological polar surface area (TPSA) is 12.9 Å². The van der Waals surface area contributed by atoms with E-state index in [1.54, 1.807) is 18.0 Å². The third kappa shape index (κ3) is 5.42. The van der Waals surface area contributed by atoms with E-state index < -0.39 is 0 Å². The van der Waals surface area contributed by atoms with Crippen LogP contribution >= 0.6 is 23.4 Å².